The molecule has 1 aromatic heterocycles. The third-order valence-corrected chi connectivity index (χ3v) is 3.42. The Bertz CT molecular complexity index is 579. The number of furan rings is 1. The van der Waals surface area contributed by atoms with Crippen LogP contribution in [-0.2, 0) is 0 Å². The van der Waals surface area contributed by atoms with Crippen LogP contribution in [0, 0.1) is 12.8 Å². The zero-order chi connectivity index (χ0) is 11.3. The number of aryl methyl sites for hydroxylation is 1. The van der Waals surface area contributed by atoms with E-state index >= 15 is 0 Å². The maximum atomic E-state index is 11.9. The minimum absolute atomic E-state index is 0.159. The lowest BCUT2D eigenvalue weighted by molar-refractivity contribution is 0.0942. The summed E-state index contributed by atoms with van der Waals surface area (Å²) >= 11 is 3.44. The second kappa shape index (κ2) is 3.45. The summed E-state index contributed by atoms with van der Waals surface area (Å²) < 4.78 is 6.66. The van der Waals surface area contributed by atoms with Crippen LogP contribution < -0.4 is 0 Å². The molecule has 2 aromatic rings. The van der Waals surface area contributed by atoms with Crippen LogP contribution in [0.5, 0.6) is 0 Å². The predicted molar refractivity (Wildman–Crippen MR) is 65.7 cm³/mol. The van der Waals surface area contributed by atoms with E-state index in [-0.39, 0.29) is 11.7 Å². The first-order chi connectivity index (χ1) is 7.65. The number of benzene rings is 1. The maximum Gasteiger partial charge on any atom is 0.201 e. The molecule has 0 spiro atoms. The summed E-state index contributed by atoms with van der Waals surface area (Å²) in [6.45, 7) is 1.99. The number of carbonyl (C=O) groups is 1. The summed E-state index contributed by atoms with van der Waals surface area (Å²) in [4.78, 5) is 11.9. The third kappa shape index (κ3) is 1.59. The quantitative estimate of drug-likeness (QED) is 0.775. The molecular formula is C13H11BrO2. The number of rotatable bonds is 2. The Labute approximate surface area is 102 Å². The molecule has 0 atom stereocenters. The van der Waals surface area contributed by atoms with E-state index in [0.717, 1.165) is 33.8 Å². The van der Waals surface area contributed by atoms with Gasteiger partial charge in [0.25, 0.3) is 0 Å². The van der Waals surface area contributed by atoms with E-state index in [1.54, 1.807) is 0 Å². The maximum absolute atomic E-state index is 11.9. The molecular weight excluding hydrogens is 268 g/mol. The number of hydrogen-bond acceptors (Lipinski definition) is 2. The van der Waals surface area contributed by atoms with Crippen LogP contribution in [-0.4, -0.2) is 5.78 Å². The Morgan fingerprint density at radius 1 is 1.38 bits per heavy atom. The molecule has 0 amide bonds. The summed E-state index contributed by atoms with van der Waals surface area (Å²) in [7, 11) is 0. The minimum Gasteiger partial charge on any atom is -0.453 e. The van der Waals surface area contributed by atoms with Crippen molar-refractivity contribution in [2.75, 3.05) is 0 Å². The summed E-state index contributed by atoms with van der Waals surface area (Å²) in [6, 6.07) is 5.83. The average molecular weight is 279 g/mol. The van der Waals surface area contributed by atoms with E-state index in [2.05, 4.69) is 15.9 Å². The number of fused-ring (bicyclic) bond motifs is 1. The van der Waals surface area contributed by atoms with Crippen molar-refractivity contribution < 1.29 is 9.21 Å². The van der Waals surface area contributed by atoms with Gasteiger partial charge in [-0.15, -0.1) is 0 Å². The minimum atomic E-state index is 0.159. The van der Waals surface area contributed by atoms with E-state index in [1.807, 2.05) is 25.1 Å². The van der Waals surface area contributed by atoms with Gasteiger partial charge in [0.15, 0.2) is 5.76 Å². The van der Waals surface area contributed by atoms with Gasteiger partial charge in [-0.1, -0.05) is 15.9 Å². The number of hydrogen-bond donors (Lipinski definition) is 0. The van der Waals surface area contributed by atoms with Gasteiger partial charge < -0.3 is 4.42 Å². The SMILES string of the molecule is Cc1cc(Br)cc2cc(C(=O)C3CC3)oc12. The molecule has 82 valence electrons. The van der Waals surface area contributed by atoms with E-state index in [1.165, 1.54) is 0 Å². The smallest absolute Gasteiger partial charge is 0.201 e. The van der Waals surface area contributed by atoms with E-state index in [4.69, 9.17) is 4.42 Å². The third-order valence-electron chi connectivity index (χ3n) is 2.96. The highest BCUT2D eigenvalue weighted by Gasteiger charge is 2.32. The Hall–Kier alpha value is -1.09. The van der Waals surface area contributed by atoms with Crippen LogP contribution in [0.2, 0.25) is 0 Å². The number of halogens is 1. The van der Waals surface area contributed by atoms with Crippen LogP contribution in [0.1, 0.15) is 29.0 Å². The second-order valence-corrected chi connectivity index (χ2v) is 5.31. The van der Waals surface area contributed by atoms with Crippen molar-refractivity contribution in [2.24, 2.45) is 5.92 Å². The van der Waals surface area contributed by atoms with E-state index in [9.17, 15) is 4.79 Å². The fraction of sp³-hybridized carbons (Fsp3) is 0.308. The molecule has 0 N–H and O–H groups in total. The Morgan fingerprint density at radius 3 is 2.81 bits per heavy atom. The first-order valence-electron chi connectivity index (χ1n) is 5.39. The molecule has 16 heavy (non-hydrogen) atoms. The lowest BCUT2D eigenvalue weighted by Crippen LogP contribution is -1.98. The van der Waals surface area contributed by atoms with Crippen molar-refractivity contribution in [1.82, 2.24) is 0 Å². The molecule has 1 heterocycles. The van der Waals surface area contributed by atoms with Crippen molar-refractivity contribution in [1.29, 1.82) is 0 Å². The molecule has 1 aliphatic carbocycles. The number of ketones is 1. The van der Waals surface area contributed by atoms with Crippen LogP contribution in [0.4, 0.5) is 0 Å². The Balaban J connectivity index is 2.14. The van der Waals surface area contributed by atoms with Gasteiger partial charge in [-0.3, -0.25) is 4.79 Å². The molecule has 3 rings (SSSR count). The highest BCUT2D eigenvalue weighted by molar-refractivity contribution is 9.10. The molecule has 0 radical (unpaired) electrons. The van der Waals surface area contributed by atoms with Gasteiger partial charge in [-0.2, -0.15) is 0 Å². The number of Topliss-reactive ketones (excluding diaryl/α,β-unsaturated/α-hetero) is 1. The molecule has 0 bridgehead atoms. The number of carbonyl (C=O) groups excluding carboxylic acids is 1. The van der Waals surface area contributed by atoms with Crippen LogP contribution in [0.3, 0.4) is 0 Å². The fourth-order valence-corrected chi connectivity index (χ4v) is 2.54. The molecule has 1 fully saturated rings. The first-order valence-corrected chi connectivity index (χ1v) is 6.18. The van der Waals surface area contributed by atoms with Crippen molar-refractivity contribution in [3.8, 4) is 0 Å². The lowest BCUT2D eigenvalue weighted by Gasteiger charge is -1.95. The summed E-state index contributed by atoms with van der Waals surface area (Å²) in [5.41, 5.74) is 1.88. The van der Waals surface area contributed by atoms with E-state index in [0.29, 0.717) is 5.76 Å². The molecule has 2 nitrogen and oxygen atoms in total. The van der Waals surface area contributed by atoms with Crippen molar-refractivity contribution in [3.05, 3.63) is 34.0 Å². The van der Waals surface area contributed by atoms with Gasteiger partial charge in [0.2, 0.25) is 5.78 Å². The molecule has 1 saturated carbocycles. The first kappa shape index (κ1) is 10.1. The Morgan fingerprint density at radius 2 is 2.12 bits per heavy atom. The molecule has 0 unspecified atom stereocenters. The fourth-order valence-electron chi connectivity index (χ4n) is 1.95. The van der Waals surface area contributed by atoms with Crippen LogP contribution in [0.15, 0.2) is 27.1 Å². The summed E-state index contributed by atoms with van der Waals surface area (Å²) in [5, 5.41) is 0.996. The second-order valence-electron chi connectivity index (χ2n) is 4.39. The van der Waals surface area contributed by atoms with Crippen molar-refractivity contribution in [3.63, 3.8) is 0 Å². The van der Waals surface area contributed by atoms with Gasteiger partial charge in [-0.05, 0) is 43.5 Å². The molecule has 1 aliphatic rings. The van der Waals surface area contributed by atoms with Gasteiger partial charge in [0.1, 0.15) is 5.58 Å². The van der Waals surface area contributed by atoms with Crippen LogP contribution in [0.25, 0.3) is 11.0 Å². The average Bonchev–Trinajstić information content (AvgIpc) is 2.97. The van der Waals surface area contributed by atoms with Gasteiger partial charge in [-0.25, -0.2) is 0 Å². The highest BCUT2D eigenvalue weighted by Crippen LogP contribution is 2.35. The zero-order valence-electron chi connectivity index (χ0n) is 8.92. The van der Waals surface area contributed by atoms with Crippen molar-refractivity contribution >= 4 is 32.7 Å². The topological polar surface area (TPSA) is 30.2 Å². The van der Waals surface area contributed by atoms with Crippen molar-refractivity contribution in [2.45, 2.75) is 19.8 Å². The largest absolute Gasteiger partial charge is 0.453 e. The summed E-state index contributed by atoms with van der Waals surface area (Å²) in [6.07, 6.45) is 2.02. The molecule has 3 heteroatoms. The summed E-state index contributed by atoms with van der Waals surface area (Å²) in [5.74, 6) is 0.884. The molecule has 0 aliphatic heterocycles. The molecule has 0 saturated heterocycles. The van der Waals surface area contributed by atoms with E-state index < -0.39 is 0 Å². The predicted octanol–water partition coefficient (Wildman–Crippen LogP) is 4.10. The van der Waals surface area contributed by atoms with Gasteiger partial charge in [0, 0.05) is 15.8 Å². The zero-order valence-corrected chi connectivity index (χ0v) is 10.5. The highest BCUT2D eigenvalue weighted by atomic mass is 79.9. The van der Waals surface area contributed by atoms with Gasteiger partial charge >= 0.3 is 0 Å². The standard InChI is InChI=1S/C13H11BrO2/c1-7-4-10(14)5-9-6-11(16-13(7)9)12(15)8-2-3-8/h4-6,8H,2-3H2,1H3. The normalized spacial score (nSPS) is 15.6. The molecule has 1 aromatic carbocycles. The van der Waals surface area contributed by atoms with Crippen LogP contribution >= 0.6 is 15.9 Å². The van der Waals surface area contributed by atoms with Gasteiger partial charge in [0.05, 0.1) is 0 Å². The Kier molecular flexibility index (Phi) is 2.18. The monoisotopic (exact) mass is 278 g/mol. The lowest BCUT2D eigenvalue weighted by atomic mass is 10.1.